The fraction of sp³-hybridized carbons (Fsp3) is 0.588. The molecule has 282 valence electrons. The number of nitrogens with one attached hydrogen (secondary N) is 2. The number of aromatic nitrogens is 3. The third-order valence-corrected chi connectivity index (χ3v) is 12.1. The van der Waals surface area contributed by atoms with Crippen LogP contribution in [0.1, 0.15) is 104 Å². The molecule has 1 saturated carbocycles. The summed E-state index contributed by atoms with van der Waals surface area (Å²) >= 11 is 0. The maximum absolute atomic E-state index is 14.7. The van der Waals surface area contributed by atoms with E-state index in [1.54, 1.807) is 0 Å². The number of benzene rings is 1. The normalized spacial score (nSPS) is 22.2. The van der Waals surface area contributed by atoms with Gasteiger partial charge in [0.05, 0.1) is 29.4 Å². The summed E-state index contributed by atoms with van der Waals surface area (Å²) < 4.78 is 26.0. The zero-order valence-electron chi connectivity index (χ0n) is 29.2. The van der Waals surface area contributed by atoms with Crippen LogP contribution in [0.25, 0.3) is 0 Å². The number of carbonyl (C=O) groups excluding carboxylic acids is 6. The Morgan fingerprint density at radius 1 is 1.00 bits per heavy atom. The molecule has 7 N–H and O–H groups in total. The standard InChI is InChI=1S/C34H46N8O9S/c1-33(2,49)26-18-37-40-42(26)23-17-25(31(47)39-34(27(43)29(36)45)12-14-52(50,51)15-13-34)41(19-23)32(48)24(16-20-6-4-3-5-7-20)38-30(46)22-10-8-21(9-11-22)28(35)44/h8-11,18,20,23-25,49H,3-7,12-17,19H2,1-2H3,(H2,35,44)(H2,36,45)(H,38,46)(H,39,47)/t23-,24+,25-/m0/s1. The molecule has 2 saturated heterocycles. The molecule has 3 atom stereocenters. The Kier molecular flexibility index (Phi) is 11.2. The number of Topliss-reactive ketones (excluding diaryl/α,β-unsaturated/α-hetero) is 1. The average molecular weight is 743 g/mol. The van der Waals surface area contributed by atoms with Gasteiger partial charge in [0.1, 0.15) is 23.2 Å². The van der Waals surface area contributed by atoms with Gasteiger partial charge >= 0.3 is 0 Å². The van der Waals surface area contributed by atoms with Gasteiger partial charge in [0, 0.05) is 24.1 Å². The van der Waals surface area contributed by atoms with E-state index in [1.165, 1.54) is 53.9 Å². The van der Waals surface area contributed by atoms with Crippen LogP contribution in [0.15, 0.2) is 30.5 Å². The Balaban J connectivity index is 1.49. The molecule has 17 nitrogen and oxygen atoms in total. The lowest BCUT2D eigenvalue weighted by molar-refractivity contribution is -0.145. The molecule has 1 aromatic heterocycles. The first-order chi connectivity index (χ1) is 24.4. The Hall–Kier alpha value is -4.71. The molecule has 18 heteroatoms. The third kappa shape index (κ3) is 8.49. The zero-order valence-corrected chi connectivity index (χ0v) is 30.1. The van der Waals surface area contributed by atoms with Gasteiger partial charge in [-0.05, 0) is 63.3 Å². The highest BCUT2D eigenvalue weighted by atomic mass is 32.2. The number of likely N-dealkylation sites (tertiary alicyclic amines) is 1. The van der Waals surface area contributed by atoms with Crippen LogP contribution < -0.4 is 22.1 Å². The number of hydrogen-bond acceptors (Lipinski definition) is 11. The molecule has 3 fully saturated rings. The van der Waals surface area contributed by atoms with Crippen molar-refractivity contribution in [1.29, 1.82) is 0 Å². The highest BCUT2D eigenvalue weighted by molar-refractivity contribution is 7.91. The summed E-state index contributed by atoms with van der Waals surface area (Å²) in [4.78, 5) is 80.7. The van der Waals surface area contributed by atoms with E-state index < -0.39 is 85.9 Å². The largest absolute Gasteiger partial charge is 0.384 e. The topological polar surface area (TPSA) is 267 Å². The van der Waals surface area contributed by atoms with Gasteiger partial charge < -0.3 is 32.1 Å². The molecule has 0 spiro atoms. The fourth-order valence-corrected chi connectivity index (χ4v) is 9.01. The van der Waals surface area contributed by atoms with E-state index in [0.29, 0.717) is 5.69 Å². The minimum absolute atomic E-state index is 0.0537. The van der Waals surface area contributed by atoms with Crippen LogP contribution in [0, 0.1) is 5.92 Å². The Morgan fingerprint density at radius 2 is 1.62 bits per heavy atom. The van der Waals surface area contributed by atoms with Crippen molar-refractivity contribution in [2.24, 2.45) is 17.4 Å². The molecule has 2 aromatic rings. The lowest BCUT2D eigenvalue weighted by atomic mass is 9.84. The lowest BCUT2D eigenvalue weighted by Crippen LogP contribution is -2.64. The number of rotatable bonds is 12. The van der Waals surface area contributed by atoms with Crippen molar-refractivity contribution >= 4 is 45.2 Å². The number of aliphatic hydroxyl groups is 1. The number of ketones is 1. The highest BCUT2D eigenvalue weighted by Crippen LogP contribution is 2.34. The number of carbonyl (C=O) groups is 6. The minimum Gasteiger partial charge on any atom is -0.384 e. The van der Waals surface area contributed by atoms with Crippen LogP contribution in [-0.2, 0) is 34.6 Å². The van der Waals surface area contributed by atoms with E-state index in [-0.39, 0.29) is 49.3 Å². The quantitative estimate of drug-likeness (QED) is 0.175. The second kappa shape index (κ2) is 15.1. The number of hydrogen-bond donors (Lipinski definition) is 5. The van der Waals surface area contributed by atoms with E-state index >= 15 is 0 Å². The van der Waals surface area contributed by atoms with Crippen molar-refractivity contribution < 1.29 is 42.3 Å². The van der Waals surface area contributed by atoms with Crippen LogP contribution >= 0.6 is 0 Å². The first-order valence-corrected chi connectivity index (χ1v) is 19.2. The number of primary amides is 2. The molecule has 5 amide bonds. The lowest BCUT2D eigenvalue weighted by Gasteiger charge is -2.37. The van der Waals surface area contributed by atoms with Gasteiger partial charge in [-0.3, -0.25) is 28.8 Å². The van der Waals surface area contributed by atoms with E-state index in [9.17, 15) is 42.3 Å². The Morgan fingerprint density at radius 3 is 2.19 bits per heavy atom. The zero-order chi connectivity index (χ0) is 38.0. The molecule has 1 aromatic carbocycles. The first kappa shape index (κ1) is 38.5. The summed E-state index contributed by atoms with van der Waals surface area (Å²) in [5.41, 5.74) is 8.09. The van der Waals surface area contributed by atoms with Crippen LogP contribution in [0.4, 0.5) is 0 Å². The fourth-order valence-electron chi connectivity index (χ4n) is 7.49. The average Bonchev–Trinajstić information content (AvgIpc) is 3.77. The monoisotopic (exact) mass is 742 g/mol. The number of nitrogens with zero attached hydrogens (tertiary/aromatic N) is 4. The second-order valence-corrected chi connectivity index (χ2v) is 16.9. The Labute approximate surface area is 301 Å². The third-order valence-electron chi connectivity index (χ3n) is 10.4. The van der Waals surface area contributed by atoms with Crippen LogP contribution in [0.3, 0.4) is 0 Å². The van der Waals surface area contributed by atoms with Crippen molar-refractivity contribution in [1.82, 2.24) is 30.5 Å². The van der Waals surface area contributed by atoms with Crippen LogP contribution in [-0.4, -0.2) is 104 Å². The number of sulfone groups is 1. The smallest absolute Gasteiger partial charge is 0.287 e. The van der Waals surface area contributed by atoms with Gasteiger partial charge in [0.15, 0.2) is 9.84 Å². The highest BCUT2D eigenvalue weighted by Gasteiger charge is 2.50. The van der Waals surface area contributed by atoms with Gasteiger partial charge in [-0.1, -0.05) is 37.3 Å². The number of nitrogens with two attached hydrogens (primary N) is 2. The van der Waals surface area contributed by atoms with Crippen molar-refractivity contribution in [3.63, 3.8) is 0 Å². The molecule has 3 heterocycles. The molecule has 5 rings (SSSR count). The van der Waals surface area contributed by atoms with E-state index in [1.807, 2.05) is 0 Å². The van der Waals surface area contributed by atoms with Gasteiger partial charge in [0.2, 0.25) is 23.5 Å². The van der Waals surface area contributed by atoms with Crippen LogP contribution in [0.5, 0.6) is 0 Å². The summed E-state index contributed by atoms with van der Waals surface area (Å²) in [5, 5.41) is 24.4. The van der Waals surface area contributed by atoms with Gasteiger partial charge in [0.25, 0.3) is 11.8 Å². The summed E-state index contributed by atoms with van der Waals surface area (Å²) in [6.07, 6.45) is 5.49. The van der Waals surface area contributed by atoms with Crippen LogP contribution in [0.2, 0.25) is 0 Å². The molecule has 0 radical (unpaired) electrons. The Bertz CT molecular complexity index is 1820. The van der Waals surface area contributed by atoms with E-state index in [0.717, 1.165) is 32.1 Å². The van der Waals surface area contributed by atoms with Gasteiger partial charge in [-0.25, -0.2) is 13.1 Å². The molecule has 3 aliphatic rings. The summed E-state index contributed by atoms with van der Waals surface area (Å²) in [5.74, 6) is -5.97. The van der Waals surface area contributed by atoms with Gasteiger partial charge in [-0.15, -0.1) is 5.10 Å². The molecule has 2 aliphatic heterocycles. The van der Waals surface area contributed by atoms with Crippen molar-refractivity contribution in [2.75, 3.05) is 18.1 Å². The van der Waals surface area contributed by atoms with Crippen molar-refractivity contribution in [3.05, 3.63) is 47.3 Å². The SMILES string of the molecule is CC(C)(O)c1cnnn1[C@H]1C[C@@H](C(=O)NC2(C(=O)C(N)=O)CCS(=O)(=O)CC2)N(C(=O)[C@@H](CC2CCCCC2)NC(=O)c2ccc(C(N)=O)cc2)C1. The second-order valence-electron chi connectivity index (χ2n) is 14.6. The molecule has 52 heavy (non-hydrogen) atoms. The van der Waals surface area contributed by atoms with Crippen molar-refractivity contribution in [3.8, 4) is 0 Å². The summed E-state index contributed by atoms with van der Waals surface area (Å²) in [6.45, 7) is 2.97. The predicted molar refractivity (Wildman–Crippen MR) is 185 cm³/mol. The number of amides is 5. The molecular formula is C34H46N8O9S. The molecule has 1 aliphatic carbocycles. The summed E-state index contributed by atoms with van der Waals surface area (Å²) in [7, 11) is -3.54. The van der Waals surface area contributed by atoms with Gasteiger partial charge in [-0.2, -0.15) is 0 Å². The molecular weight excluding hydrogens is 696 g/mol. The van der Waals surface area contributed by atoms with Crippen molar-refractivity contribution in [2.45, 2.75) is 101 Å². The summed E-state index contributed by atoms with van der Waals surface area (Å²) in [6, 6.07) is 2.59. The maximum Gasteiger partial charge on any atom is 0.287 e. The minimum atomic E-state index is -3.54. The molecule has 0 bridgehead atoms. The van der Waals surface area contributed by atoms with E-state index in [4.69, 9.17) is 11.5 Å². The first-order valence-electron chi connectivity index (χ1n) is 17.4. The predicted octanol–water partition coefficient (Wildman–Crippen LogP) is -0.367. The maximum atomic E-state index is 14.7. The van der Waals surface area contributed by atoms with E-state index in [2.05, 4.69) is 20.9 Å². The molecule has 0 unspecified atom stereocenters.